The highest BCUT2D eigenvalue weighted by Crippen LogP contribution is 2.23. The summed E-state index contributed by atoms with van der Waals surface area (Å²) in [6.07, 6.45) is 4.70. The number of hydrogen-bond acceptors (Lipinski definition) is 4. The van der Waals surface area contributed by atoms with Crippen LogP contribution in [0.1, 0.15) is 38.2 Å². The minimum atomic E-state index is -3.69. The molecule has 0 unspecified atom stereocenters. The average Bonchev–Trinajstić information content (AvgIpc) is 3.06. The highest BCUT2D eigenvalue weighted by atomic mass is 32.2. The fraction of sp³-hybridized carbons (Fsp3) is 0.529. The summed E-state index contributed by atoms with van der Waals surface area (Å²) in [5.41, 5.74) is 0.895. The molecule has 0 spiro atoms. The Bertz CT molecular complexity index is 710. The molecule has 7 nitrogen and oxygen atoms in total. The lowest BCUT2D eigenvalue weighted by atomic mass is 10.1. The van der Waals surface area contributed by atoms with Gasteiger partial charge in [0.15, 0.2) is 0 Å². The molecule has 0 saturated heterocycles. The van der Waals surface area contributed by atoms with E-state index in [2.05, 4.69) is 5.32 Å². The zero-order valence-electron chi connectivity index (χ0n) is 14.4. The first-order valence-corrected chi connectivity index (χ1v) is 9.97. The molecule has 1 aromatic rings. The van der Waals surface area contributed by atoms with Gasteiger partial charge >= 0.3 is 0 Å². The van der Waals surface area contributed by atoms with Gasteiger partial charge in [0.05, 0.1) is 11.4 Å². The van der Waals surface area contributed by atoms with E-state index < -0.39 is 10.0 Å². The van der Waals surface area contributed by atoms with Gasteiger partial charge in [0.2, 0.25) is 21.8 Å². The lowest BCUT2D eigenvalue weighted by Crippen LogP contribution is -2.44. The summed E-state index contributed by atoms with van der Waals surface area (Å²) in [6.45, 7) is 2.01. The van der Waals surface area contributed by atoms with Gasteiger partial charge in [-0.15, -0.1) is 0 Å². The summed E-state index contributed by atoms with van der Waals surface area (Å²) in [6, 6.07) is 6.42. The number of amides is 2. The van der Waals surface area contributed by atoms with Gasteiger partial charge in [0.25, 0.3) is 0 Å². The molecular formula is C17H25N3O4S. The first-order chi connectivity index (χ1) is 11.8. The van der Waals surface area contributed by atoms with Crippen LogP contribution in [-0.2, 0) is 26.0 Å². The number of nitrogens with zero attached hydrogens (tertiary/aromatic N) is 1. The maximum atomic E-state index is 12.1. The smallest absolute Gasteiger partial charge is 0.239 e. The second kappa shape index (κ2) is 8.44. The second-order valence-corrected chi connectivity index (χ2v) is 7.94. The maximum Gasteiger partial charge on any atom is 0.239 e. The van der Waals surface area contributed by atoms with Crippen molar-refractivity contribution in [2.24, 2.45) is 5.14 Å². The topological polar surface area (TPSA) is 110 Å². The molecule has 1 fully saturated rings. The van der Waals surface area contributed by atoms with Crippen molar-refractivity contribution in [2.45, 2.75) is 50.0 Å². The van der Waals surface area contributed by atoms with Crippen LogP contribution in [-0.4, -0.2) is 44.3 Å². The molecule has 3 N–H and O–H groups in total. The van der Waals surface area contributed by atoms with Gasteiger partial charge < -0.3 is 10.2 Å². The molecule has 1 aromatic carbocycles. The van der Waals surface area contributed by atoms with E-state index in [9.17, 15) is 18.0 Å². The maximum absolute atomic E-state index is 12.1. The fourth-order valence-electron chi connectivity index (χ4n) is 3.12. The number of primary sulfonamides is 1. The van der Waals surface area contributed by atoms with Gasteiger partial charge in [-0.3, -0.25) is 9.59 Å². The predicted octanol–water partition coefficient (Wildman–Crippen LogP) is 0.784. The van der Waals surface area contributed by atoms with Gasteiger partial charge in [-0.2, -0.15) is 0 Å². The normalized spacial score (nSPS) is 15.1. The zero-order chi connectivity index (χ0) is 18.4. The fourth-order valence-corrected chi connectivity index (χ4v) is 3.63. The Morgan fingerprint density at radius 1 is 1.20 bits per heavy atom. The van der Waals surface area contributed by atoms with Crippen LogP contribution in [0.15, 0.2) is 29.2 Å². The van der Waals surface area contributed by atoms with Crippen LogP contribution in [0.2, 0.25) is 0 Å². The minimum Gasteiger partial charge on any atom is -0.354 e. The summed E-state index contributed by atoms with van der Waals surface area (Å²) in [5, 5.41) is 7.86. The Morgan fingerprint density at radius 2 is 1.80 bits per heavy atom. The molecule has 0 bridgehead atoms. The number of rotatable bonds is 7. The van der Waals surface area contributed by atoms with Crippen LogP contribution in [0.3, 0.4) is 0 Å². The molecule has 0 aromatic heterocycles. The number of sulfonamides is 1. The van der Waals surface area contributed by atoms with Crippen molar-refractivity contribution in [2.75, 3.05) is 13.1 Å². The van der Waals surface area contributed by atoms with E-state index in [1.54, 1.807) is 17.0 Å². The number of nitrogens with one attached hydrogen (secondary N) is 1. The number of benzene rings is 1. The van der Waals surface area contributed by atoms with Crippen molar-refractivity contribution in [3.8, 4) is 0 Å². The van der Waals surface area contributed by atoms with Crippen LogP contribution in [0.25, 0.3) is 0 Å². The van der Waals surface area contributed by atoms with Crippen molar-refractivity contribution < 1.29 is 18.0 Å². The largest absolute Gasteiger partial charge is 0.354 e. The third kappa shape index (κ3) is 5.82. The Balaban J connectivity index is 1.80. The van der Waals surface area contributed by atoms with Gasteiger partial charge in [-0.1, -0.05) is 25.0 Å². The third-order valence-corrected chi connectivity index (χ3v) is 5.40. The molecule has 8 heteroatoms. The summed E-state index contributed by atoms with van der Waals surface area (Å²) in [5.74, 6) is -0.246. The van der Waals surface area contributed by atoms with E-state index in [1.165, 1.54) is 19.1 Å². The molecule has 0 aliphatic heterocycles. The molecular weight excluding hydrogens is 342 g/mol. The molecule has 1 aliphatic carbocycles. The highest BCUT2D eigenvalue weighted by Gasteiger charge is 2.26. The van der Waals surface area contributed by atoms with Crippen LogP contribution in [0.5, 0.6) is 0 Å². The molecule has 1 saturated carbocycles. The second-order valence-electron chi connectivity index (χ2n) is 6.37. The molecule has 138 valence electrons. The van der Waals surface area contributed by atoms with E-state index in [4.69, 9.17) is 5.14 Å². The van der Waals surface area contributed by atoms with Crippen molar-refractivity contribution in [3.05, 3.63) is 29.8 Å². The molecule has 2 amide bonds. The Kier molecular flexibility index (Phi) is 6.55. The molecule has 1 aliphatic rings. The molecule has 2 rings (SSSR count). The van der Waals surface area contributed by atoms with Gasteiger partial charge in [-0.25, -0.2) is 13.6 Å². The van der Waals surface area contributed by atoms with Crippen LogP contribution in [0, 0.1) is 0 Å². The van der Waals surface area contributed by atoms with Gasteiger partial charge in [0, 0.05) is 19.5 Å². The lowest BCUT2D eigenvalue weighted by Gasteiger charge is -2.27. The molecule has 0 radical (unpaired) electrons. The predicted molar refractivity (Wildman–Crippen MR) is 94.2 cm³/mol. The van der Waals surface area contributed by atoms with Crippen molar-refractivity contribution in [1.29, 1.82) is 0 Å². The van der Waals surface area contributed by atoms with Crippen molar-refractivity contribution in [1.82, 2.24) is 10.2 Å². The van der Waals surface area contributed by atoms with Crippen molar-refractivity contribution in [3.63, 3.8) is 0 Å². The first kappa shape index (κ1) is 19.4. The summed E-state index contributed by atoms with van der Waals surface area (Å²) in [7, 11) is -3.69. The van der Waals surface area contributed by atoms with Crippen LogP contribution >= 0.6 is 0 Å². The Labute approximate surface area is 148 Å². The van der Waals surface area contributed by atoms with Crippen molar-refractivity contribution >= 4 is 21.8 Å². The summed E-state index contributed by atoms with van der Waals surface area (Å²) >= 11 is 0. The van der Waals surface area contributed by atoms with E-state index in [0.29, 0.717) is 13.0 Å². The Morgan fingerprint density at radius 3 is 2.32 bits per heavy atom. The first-order valence-electron chi connectivity index (χ1n) is 8.43. The molecule has 0 heterocycles. The SMILES string of the molecule is CC(=O)N(CC(=O)NCCc1ccc(S(N)(=O)=O)cc1)C1CCCC1. The highest BCUT2D eigenvalue weighted by molar-refractivity contribution is 7.89. The standard InChI is InChI=1S/C17H25N3O4S/c1-13(21)20(15-4-2-3-5-15)12-17(22)19-11-10-14-6-8-16(9-7-14)25(18,23)24/h6-9,15H,2-5,10-12H2,1H3,(H,19,22)(H2,18,23,24). The van der Waals surface area contributed by atoms with E-state index >= 15 is 0 Å². The number of hydrogen-bond donors (Lipinski definition) is 2. The van der Waals surface area contributed by atoms with Gasteiger partial charge in [0.1, 0.15) is 0 Å². The number of nitrogens with two attached hydrogens (primary N) is 1. The minimum absolute atomic E-state index is 0.0638. The van der Waals surface area contributed by atoms with Gasteiger partial charge in [-0.05, 0) is 37.0 Å². The van der Waals surface area contributed by atoms with E-state index in [-0.39, 0.29) is 29.3 Å². The molecule has 25 heavy (non-hydrogen) atoms. The molecule has 0 atom stereocenters. The summed E-state index contributed by atoms with van der Waals surface area (Å²) in [4.78, 5) is 25.6. The quantitative estimate of drug-likeness (QED) is 0.742. The third-order valence-electron chi connectivity index (χ3n) is 4.47. The zero-order valence-corrected chi connectivity index (χ0v) is 15.2. The monoisotopic (exact) mass is 367 g/mol. The lowest BCUT2D eigenvalue weighted by molar-refractivity contribution is -0.136. The van der Waals surface area contributed by atoms with E-state index in [1.807, 2.05) is 0 Å². The number of carbonyl (C=O) groups is 2. The van der Waals surface area contributed by atoms with Crippen LogP contribution < -0.4 is 10.5 Å². The summed E-state index contributed by atoms with van der Waals surface area (Å²) < 4.78 is 22.4. The Hall–Kier alpha value is -1.93. The average molecular weight is 367 g/mol. The van der Waals surface area contributed by atoms with E-state index in [0.717, 1.165) is 31.2 Å². The number of carbonyl (C=O) groups excluding carboxylic acids is 2. The van der Waals surface area contributed by atoms with Crippen LogP contribution in [0.4, 0.5) is 0 Å².